The molecule has 0 unspecified atom stereocenters. The van der Waals surface area contributed by atoms with Crippen LogP contribution in [0.1, 0.15) is 0 Å². The Morgan fingerprint density at radius 2 is 2.29 bits per heavy atom. The molecule has 2 rings (SSSR count). The van der Waals surface area contributed by atoms with E-state index in [9.17, 15) is 9.18 Å². The van der Waals surface area contributed by atoms with E-state index in [4.69, 9.17) is 5.11 Å². The molecule has 5 nitrogen and oxygen atoms in total. The summed E-state index contributed by atoms with van der Waals surface area (Å²) in [6.45, 7) is -0.153. The quantitative estimate of drug-likeness (QED) is 0.872. The maximum atomic E-state index is 13.0. The summed E-state index contributed by atoms with van der Waals surface area (Å²) in [6, 6.07) is 4.30. The van der Waals surface area contributed by atoms with E-state index < -0.39 is 5.97 Å². The van der Waals surface area contributed by atoms with Gasteiger partial charge in [0.1, 0.15) is 12.4 Å². The lowest BCUT2D eigenvalue weighted by Gasteiger charge is -2.15. The van der Waals surface area contributed by atoms with Crippen molar-refractivity contribution in [2.75, 3.05) is 18.5 Å². The van der Waals surface area contributed by atoms with Crippen molar-refractivity contribution in [3.63, 3.8) is 0 Å². The average molecular weight is 237 g/mol. The van der Waals surface area contributed by atoms with Gasteiger partial charge in [-0.3, -0.25) is 4.79 Å². The zero-order chi connectivity index (χ0) is 12.6. The van der Waals surface area contributed by atoms with E-state index in [1.807, 2.05) is 0 Å². The molecule has 6 heteroatoms. The smallest absolute Gasteiger partial charge is 0.323 e. The third-order valence-electron chi connectivity index (χ3n) is 2.53. The van der Waals surface area contributed by atoms with Gasteiger partial charge in [0.25, 0.3) is 0 Å². The molecule has 1 heterocycles. The largest absolute Gasteiger partial charge is 0.480 e. The van der Waals surface area contributed by atoms with Crippen LogP contribution < -0.4 is 4.90 Å². The van der Waals surface area contributed by atoms with Gasteiger partial charge >= 0.3 is 5.97 Å². The number of fused-ring (bicyclic) bond motifs is 1. The van der Waals surface area contributed by atoms with E-state index in [-0.39, 0.29) is 12.4 Å². The van der Waals surface area contributed by atoms with E-state index in [1.54, 1.807) is 24.7 Å². The Morgan fingerprint density at radius 1 is 1.59 bits per heavy atom. The van der Waals surface area contributed by atoms with Crippen molar-refractivity contribution < 1.29 is 14.3 Å². The Kier molecular flexibility index (Phi) is 2.71. The molecule has 0 aliphatic heterocycles. The number of anilines is 1. The first-order valence-electron chi connectivity index (χ1n) is 5.04. The zero-order valence-corrected chi connectivity index (χ0v) is 9.51. The monoisotopic (exact) mass is 237 g/mol. The number of benzene rings is 1. The molecule has 0 bridgehead atoms. The summed E-state index contributed by atoms with van der Waals surface area (Å²) in [5.74, 6) is -0.804. The number of carboxylic acid groups (broad SMARTS) is 1. The molecule has 0 fully saturated rings. The number of aliphatic carboxylic acids is 1. The summed E-state index contributed by atoms with van der Waals surface area (Å²) in [7, 11) is 3.40. The van der Waals surface area contributed by atoms with Crippen molar-refractivity contribution in [3.05, 3.63) is 24.0 Å². The fourth-order valence-electron chi connectivity index (χ4n) is 1.78. The number of hydrogen-bond donors (Lipinski definition) is 1. The molecule has 17 heavy (non-hydrogen) atoms. The molecule has 90 valence electrons. The Bertz CT molecular complexity index is 579. The lowest BCUT2D eigenvalue weighted by Crippen LogP contribution is -2.27. The predicted octanol–water partition coefficient (Wildman–Crippen LogP) is 1.23. The van der Waals surface area contributed by atoms with E-state index in [0.717, 1.165) is 5.52 Å². The highest BCUT2D eigenvalue weighted by Gasteiger charge is 2.14. The van der Waals surface area contributed by atoms with E-state index >= 15 is 0 Å². The third kappa shape index (κ3) is 2.06. The highest BCUT2D eigenvalue weighted by atomic mass is 19.1. The second kappa shape index (κ2) is 4.04. The van der Waals surface area contributed by atoms with Gasteiger partial charge < -0.3 is 14.6 Å². The van der Waals surface area contributed by atoms with Crippen molar-refractivity contribution >= 4 is 23.0 Å². The van der Waals surface area contributed by atoms with Crippen molar-refractivity contribution in [1.82, 2.24) is 9.55 Å². The van der Waals surface area contributed by atoms with Gasteiger partial charge in [-0.15, -0.1) is 0 Å². The molecule has 0 spiro atoms. The van der Waals surface area contributed by atoms with Gasteiger partial charge in [0, 0.05) is 20.2 Å². The molecule has 0 aliphatic rings. The number of rotatable bonds is 3. The first-order chi connectivity index (χ1) is 7.99. The van der Waals surface area contributed by atoms with Crippen LogP contribution in [0.3, 0.4) is 0 Å². The van der Waals surface area contributed by atoms with Crippen LogP contribution in [0, 0.1) is 5.82 Å². The van der Waals surface area contributed by atoms with Crippen LogP contribution in [-0.4, -0.2) is 34.2 Å². The highest BCUT2D eigenvalue weighted by molar-refractivity contribution is 5.80. The SMILES string of the molecule is CN(CC(=O)O)c1nc2cc(F)ccc2n1C. The first kappa shape index (κ1) is 11.4. The number of halogens is 1. The fourth-order valence-corrected chi connectivity index (χ4v) is 1.78. The number of carbonyl (C=O) groups is 1. The van der Waals surface area contributed by atoms with E-state index in [0.29, 0.717) is 11.5 Å². The number of carboxylic acids is 1. The third-order valence-corrected chi connectivity index (χ3v) is 2.53. The Balaban J connectivity index is 2.48. The molecule has 0 radical (unpaired) electrons. The molecule has 0 amide bonds. The second-order valence-electron chi connectivity index (χ2n) is 3.85. The van der Waals surface area contributed by atoms with Crippen LogP contribution in [0.4, 0.5) is 10.3 Å². The summed E-state index contributed by atoms with van der Waals surface area (Å²) >= 11 is 0. The minimum Gasteiger partial charge on any atom is -0.480 e. The number of nitrogens with zero attached hydrogens (tertiary/aromatic N) is 3. The summed E-state index contributed by atoms with van der Waals surface area (Å²) in [5, 5.41) is 8.72. The fraction of sp³-hybridized carbons (Fsp3) is 0.273. The Hall–Kier alpha value is -2.11. The zero-order valence-electron chi connectivity index (χ0n) is 9.51. The number of imidazole rings is 1. The molecule has 1 N–H and O–H groups in total. The van der Waals surface area contributed by atoms with Crippen LogP contribution in [0.2, 0.25) is 0 Å². The molecular weight excluding hydrogens is 225 g/mol. The standard InChI is InChI=1S/C11H12FN3O2/c1-14(6-10(16)17)11-13-8-5-7(12)3-4-9(8)15(11)2/h3-5H,6H2,1-2H3,(H,16,17). The highest BCUT2D eigenvalue weighted by Crippen LogP contribution is 2.20. The number of aromatic nitrogens is 2. The van der Waals surface area contributed by atoms with Gasteiger partial charge in [0.15, 0.2) is 0 Å². The van der Waals surface area contributed by atoms with E-state index in [2.05, 4.69) is 4.98 Å². The molecule has 1 aromatic heterocycles. The lowest BCUT2D eigenvalue weighted by molar-refractivity contribution is -0.135. The lowest BCUT2D eigenvalue weighted by atomic mass is 10.3. The van der Waals surface area contributed by atoms with Crippen molar-refractivity contribution in [1.29, 1.82) is 0 Å². The molecule has 0 saturated carbocycles. The number of hydrogen-bond acceptors (Lipinski definition) is 3. The summed E-state index contributed by atoms with van der Waals surface area (Å²) in [5.41, 5.74) is 1.28. The molecule has 0 atom stereocenters. The minimum atomic E-state index is -0.939. The first-order valence-corrected chi connectivity index (χ1v) is 5.04. The maximum Gasteiger partial charge on any atom is 0.323 e. The van der Waals surface area contributed by atoms with Crippen molar-refractivity contribution in [3.8, 4) is 0 Å². The minimum absolute atomic E-state index is 0.153. The maximum absolute atomic E-state index is 13.0. The predicted molar refractivity (Wildman–Crippen MR) is 61.6 cm³/mol. The number of likely N-dealkylation sites (N-methyl/N-ethyl adjacent to an activating group) is 1. The van der Waals surface area contributed by atoms with Gasteiger partial charge in [-0.1, -0.05) is 0 Å². The number of aryl methyl sites for hydroxylation is 1. The molecule has 0 saturated heterocycles. The van der Waals surface area contributed by atoms with Gasteiger partial charge in [-0.05, 0) is 12.1 Å². The Labute approximate surface area is 97.1 Å². The average Bonchev–Trinajstić information content (AvgIpc) is 2.54. The molecular formula is C11H12FN3O2. The van der Waals surface area contributed by atoms with Gasteiger partial charge in [0.2, 0.25) is 5.95 Å². The summed E-state index contributed by atoms with van der Waals surface area (Å²) in [6.07, 6.45) is 0. The second-order valence-corrected chi connectivity index (χ2v) is 3.85. The van der Waals surface area contributed by atoms with Gasteiger partial charge in [0.05, 0.1) is 11.0 Å². The van der Waals surface area contributed by atoms with Crippen LogP contribution in [0.5, 0.6) is 0 Å². The van der Waals surface area contributed by atoms with Crippen LogP contribution in [0.15, 0.2) is 18.2 Å². The van der Waals surface area contributed by atoms with Crippen LogP contribution in [-0.2, 0) is 11.8 Å². The molecule has 2 aromatic rings. The van der Waals surface area contributed by atoms with E-state index in [1.165, 1.54) is 17.0 Å². The summed E-state index contributed by atoms with van der Waals surface area (Å²) < 4.78 is 14.8. The van der Waals surface area contributed by atoms with Crippen LogP contribution >= 0.6 is 0 Å². The Morgan fingerprint density at radius 3 is 2.94 bits per heavy atom. The van der Waals surface area contributed by atoms with Crippen molar-refractivity contribution in [2.24, 2.45) is 7.05 Å². The topological polar surface area (TPSA) is 58.4 Å². The summed E-state index contributed by atoms with van der Waals surface area (Å²) in [4.78, 5) is 16.3. The van der Waals surface area contributed by atoms with Crippen LogP contribution in [0.25, 0.3) is 11.0 Å². The van der Waals surface area contributed by atoms with Gasteiger partial charge in [-0.2, -0.15) is 0 Å². The normalized spacial score (nSPS) is 10.8. The molecule has 0 aliphatic carbocycles. The van der Waals surface area contributed by atoms with Crippen molar-refractivity contribution in [2.45, 2.75) is 0 Å². The molecule has 1 aromatic carbocycles. The van der Waals surface area contributed by atoms with Gasteiger partial charge in [-0.25, -0.2) is 9.37 Å².